The lowest BCUT2D eigenvalue weighted by atomic mass is 9.79. The van der Waals surface area contributed by atoms with E-state index in [1.54, 1.807) is 4.90 Å². The lowest BCUT2D eigenvalue weighted by molar-refractivity contribution is -0.148. The van der Waals surface area contributed by atoms with Crippen LogP contribution in [0.15, 0.2) is 12.2 Å². The second kappa shape index (κ2) is 13.9. The summed E-state index contributed by atoms with van der Waals surface area (Å²) in [5, 5.41) is 8.55. The normalized spacial score (nSPS) is 23.9. The van der Waals surface area contributed by atoms with Gasteiger partial charge in [-0.3, -0.25) is 24.0 Å². The van der Waals surface area contributed by atoms with Gasteiger partial charge in [0.25, 0.3) is 0 Å². The molecule has 9 heteroatoms. The number of nitrogens with one attached hydrogen (secondary N) is 3. The zero-order valence-corrected chi connectivity index (χ0v) is 23.4. The first kappa shape index (κ1) is 29.8. The summed E-state index contributed by atoms with van der Waals surface area (Å²) < 4.78 is 0. The highest BCUT2D eigenvalue weighted by Crippen LogP contribution is 2.33. The standard InChI is InChI=1S/C29H46N4O5/c1-18-10-9-15-33(29(38)25(31-21(4)35)23-13-6-5-7-14-23)26(18)28(37)32-24(16-22-11-8-12-22)20(3)27(36)30-17-19(2)34/h18,22-26H,3,5-17H2,1-2,4H3,(H,30,36)(H,31,35)(H,32,37). The zero-order valence-electron chi connectivity index (χ0n) is 23.4. The maximum absolute atomic E-state index is 13.9. The molecule has 3 rings (SSSR count). The fraction of sp³-hybridized carbons (Fsp3) is 0.759. The van der Waals surface area contributed by atoms with Crippen LogP contribution < -0.4 is 16.0 Å². The van der Waals surface area contributed by atoms with Crippen molar-refractivity contribution < 1.29 is 24.0 Å². The summed E-state index contributed by atoms with van der Waals surface area (Å²) >= 11 is 0. The van der Waals surface area contributed by atoms with Crippen molar-refractivity contribution in [3.63, 3.8) is 0 Å². The third-order valence-corrected chi connectivity index (χ3v) is 8.55. The molecule has 2 aliphatic carbocycles. The van der Waals surface area contributed by atoms with Crippen molar-refractivity contribution in [2.45, 2.75) is 110 Å². The average molecular weight is 531 g/mol. The average Bonchev–Trinajstić information content (AvgIpc) is 2.86. The van der Waals surface area contributed by atoms with Crippen molar-refractivity contribution >= 4 is 29.4 Å². The van der Waals surface area contributed by atoms with Crippen molar-refractivity contribution in [2.24, 2.45) is 17.8 Å². The van der Waals surface area contributed by atoms with Crippen LogP contribution in [0.25, 0.3) is 0 Å². The van der Waals surface area contributed by atoms with Gasteiger partial charge >= 0.3 is 0 Å². The van der Waals surface area contributed by atoms with Crippen LogP contribution in [-0.4, -0.2) is 65.5 Å². The number of amides is 4. The Morgan fingerprint density at radius 3 is 2.16 bits per heavy atom. The summed E-state index contributed by atoms with van der Waals surface area (Å²) in [6.45, 7) is 9.15. The summed E-state index contributed by atoms with van der Waals surface area (Å²) in [6.07, 6.45) is 10.4. The van der Waals surface area contributed by atoms with Crippen molar-refractivity contribution in [1.82, 2.24) is 20.9 Å². The number of carbonyl (C=O) groups is 5. The van der Waals surface area contributed by atoms with E-state index in [9.17, 15) is 24.0 Å². The van der Waals surface area contributed by atoms with E-state index < -0.39 is 24.0 Å². The van der Waals surface area contributed by atoms with Crippen LogP contribution in [0.1, 0.15) is 91.4 Å². The number of nitrogens with zero attached hydrogens (tertiary/aromatic N) is 1. The van der Waals surface area contributed by atoms with Gasteiger partial charge in [0.1, 0.15) is 17.9 Å². The Hall–Kier alpha value is -2.71. The first-order valence-corrected chi connectivity index (χ1v) is 14.4. The van der Waals surface area contributed by atoms with Crippen molar-refractivity contribution in [3.05, 3.63) is 12.2 Å². The molecule has 0 aromatic rings. The first-order valence-electron chi connectivity index (χ1n) is 14.4. The summed E-state index contributed by atoms with van der Waals surface area (Å²) in [4.78, 5) is 65.5. The van der Waals surface area contributed by atoms with Crippen molar-refractivity contribution in [1.29, 1.82) is 0 Å². The Morgan fingerprint density at radius 2 is 1.58 bits per heavy atom. The molecular formula is C29H46N4O5. The molecule has 4 unspecified atom stereocenters. The van der Waals surface area contributed by atoms with Crippen LogP contribution in [0.3, 0.4) is 0 Å². The van der Waals surface area contributed by atoms with Gasteiger partial charge in [0.15, 0.2) is 0 Å². The largest absolute Gasteiger partial charge is 0.347 e. The molecule has 3 aliphatic rings. The molecule has 38 heavy (non-hydrogen) atoms. The number of rotatable bonds is 11. The number of piperidine rings is 1. The van der Waals surface area contributed by atoms with Crippen LogP contribution in [0.2, 0.25) is 0 Å². The van der Waals surface area contributed by atoms with E-state index in [2.05, 4.69) is 22.5 Å². The molecule has 212 valence electrons. The second-order valence-corrected chi connectivity index (χ2v) is 11.7. The Balaban J connectivity index is 1.78. The van der Waals surface area contributed by atoms with Gasteiger partial charge < -0.3 is 20.9 Å². The highest BCUT2D eigenvalue weighted by molar-refractivity contribution is 5.98. The third-order valence-electron chi connectivity index (χ3n) is 8.55. The molecule has 3 N–H and O–H groups in total. The van der Waals surface area contributed by atoms with E-state index in [0.29, 0.717) is 18.9 Å². The molecule has 4 amide bonds. The molecule has 0 aromatic heterocycles. The van der Waals surface area contributed by atoms with Gasteiger partial charge in [-0.05, 0) is 56.8 Å². The number of carbonyl (C=O) groups excluding carboxylic acids is 5. The molecule has 1 heterocycles. The zero-order chi connectivity index (χ0) is 27.8. The lowest BCUT2D eigenvalue weighted by Crippen LogP contribution is -2.62. The quantitative estimate of drug-likeness (QED) is 0.354. The Kier molecular flexibility index (Phi) is 10.9. The smallest absolute Gasteiger partial charge is 0.249 e. The number of likely N-dealkylation sites (tertiary alicyclic amines) is 1. The molecule has 1 saturated heterocycles. The van der Waals surface area contributed by atoms with Crippen molar-refractivity contribution in [2.75, 3.05) is 13.1 Å². The minimum absolute atomic E-state index is 0.0669. The Morgan fingerprint density at radius 1 is 0.895 bits per heavy atom. The fourth-order valence-electron chi connectivity index (χ4n) is 6.17. The van der Waals surface area contributed by atoms with Crippen LogP contribution >= 0.6 is 0 Å². The third kappa shape index (κ3) is 7.90. The van der Waals surface area contributed by atoms with E-state index in [1.807, 2.05) is 6.92 Å². The number of hydrogen-bond acceptors (Lipinski definition) is 5. The minimum atomic E-state index is -0.687. The van der Waals surface area contributed by atoms with Crippen LogP contribution in [0.4, 0.5) is 0 Å². The summed E-state index contributed by atoms with van der Waals surface area (Å²) in [5.41, 5.74) is 0.228. The minimum Gasteiger partial charge on any atom is -0.347 e. The molecule has 3 fully saturated rings. The number of ketones is 1. The van der Waals surface area contributed by atoms with E-state index in [1.165, 1.54) is 13.8 Å². The fourth-order valence-corrected chi connectivity index (χ4v) is 6.17. The molecule has 0 aromatic carbocycles. The monoisotopic (exact) mass is 530 g/mol. The molecule has 0 radical (unpaired) electrons. The summed E-state index contributed by atoms with van der Waals surface area (Å²) in [6, 6.07) is -1.89. The van der Waals surface area contributed by atoms with E-state index >= 15 is 0 Å². The molecule has 0 bridgehead atoms. The van der Waals surface area contributed by atoms with Gasteiger partial charge in [-0.15, -0.1) is 0 Å². The Labute approximate surface area is 226 Å². The van der Waals surface area contributed by atoms with Crippen LogP contribution in [0, 0.1) is 17.8 Å². The maximum Gasteiger partial charge on any atom is 0.249 e. The second-order valence-electron chi connectivity index (χ2n) is 11.7. The summed E-state index contributed by atoms with van der Waals surface area (Å²) in [7, 11) is 0. The predicted octanol–water partition coefficient (Wildman–Crippen LogP) is 2.63. The van der Waals surface area contributed by atoms with E-state index in [0.717, 1.165) is 64.2 Å². The molecule has 4 atom stereocenters. The summed E-state index contributed by atoms with van der Waals surface area (Å²) in [5.74, 6) is -0.936. The molecule has 9 nitrogen and oxygen atoms in total. The van der Waals surface area contributed by atoms with E-state index in [-0.39, 0.29) is 47.5 Å². The van der Waals surface area contributed by atoms with E-state index in [4.69, 9.17) is 0 Å². The number of hydrogen-bond donors (Lipinski definition) is 3. The van der Waals surface area contributed by atoms with Crippen LogP contribution in [0.5, 0.6) is 0 Å². The molecule has 2 saturated carbocycles. The molecular weight excluding hydrogens is 484 g/mol. The molecule has 0 spiro atoms. The van der Waals surface area contributed by atoms with Crippen LogP contribution in [-0.2, 0) is 24.0 Å². The van der Waals surface area contributed by atoms with Gasteiger partial charge in [-0.2, -0.15) is 0 Å². The lowest BCUT2D eigenvalue weighted by Gasteiger charge is -2.43. The number of Topliss-reactive ketones (excluding diaryl/α,β-unsaturated/α-hetero) is 1. The predicted molar refractivity (Wildman–Crippen MR) is 145 cm³/mol. The molecule has 1 aliphatic heterocycles. The van der Waals surface area contributed by atoms with Crippen molar-refractivity contribution in [3.8, 4) is 0 Å². The topological polar surface area (TPSA) is 125 Å². The Bertz CT molecular complexity index is 909. The van der Waals surface area contributed by atoms with Gasteiger partial charge in [-0.25, -0.2) is 0 Å². The SMILES string of the molecule is C=C(C(=O)NCC(C)=O)C(CC1CCC1)NC(=O)C1C(C)CCCN1C(=O)C(NC(C)=O)C1CCCCC1. The van der Waals surface area contributed by atoms with Gasteiger partial charge in [0.2, 0.25) is 23.6 Å². The van der Waals surface area contributed by atoms with Gasteiger partial charge in [0.05, 0.1) is 12.6 Å². The highest BCUT2D eigenvalue weighted by atomic mass is 16.2. The maximum atomic E-state index is 13.9. The van der Waals surface area contributed by atoms with Gasteiger partial charge in [0, 0.05) is 19.0 Å². The van der Waals surface area contributed by atoms with Gasteiger partial charge in [-0.1, -0.05) is 52.0 Å². The highest BCUT2D eigenvalue weighted by Gasteiger charge is 2.42. The first-order chi connectivity index (χ1) is 18.1.